The molecule has 0 amide bonds. The molecule has 0 unspecified atom stereocenters. The Balaban J connectivity index is 2.39. The maximum absolute atomic E-state index is 12.4. The lowest BCUT2D eigenvalue weighted by atomic mass is 9.73. The van der Waals surface area contributed by atoms with Gasteiger partial charge in [-0.05, 0) is 50.3 Å². The first-order valence-electron chi connectivity index (χ1n) is 7.48. The van der Waals surface area contributed by atoms with Crippen LogP contribution in [0.4, 0.5) is 0 Å². The smallest absolute Gasteiger partial charge is 0.147 e. The Morgan fingerprint density at radius 2 is 1.62 bits per heavy atom. The van der Waals surface area contributed by atoms with E-state index < -0.39 is 5.41 Å². The molecular weight excluding hydrogens is 264 g/mol. The van der Waals surface area contributed by atoms with Gasteiger partial charge >= 0.3 is 0 Å². The molecule has 0 aromatic heterocycles. The number of rotatable bonds is 5. The van der Waals surface area contributed by atoms with Crippen molar-refractivity contribution in [2.75, 3.05) is 0 Å². The molecule has 112 valence electrons. The molecule has 3 heteroatoms. The van der Waals surface area contributed by atoms with Crippen molar-refractivity contribution >= 4 is 17.3 Å². The first-order valence-corrected chi connectivity index (χ1v) is 7.48. The average molecular weight is 286 g/mol. The Hall–Kier alpha value is -1.77. The molecule has 0 radical (unpaired) electrons. The van der Waals surface area contributed by atoms with E-state index in [1.807, 2.05) is 32.0 Å². The molecule has 1 saturated carbocycles. The number of carbonyl (C=O) groups is 3. The largest absolute Gasteiger partial charge is 0.300 e. The second kappa shape index (κ2) is 5.92. The van der Waals surface area contributed by atoms with Crippen LogP contribution in [0.3, 0.4) is 0 Å². The fourth-order valence-corrected chi connectivity index (χ4v) is 3.24. The van der Waals surface area contributed by atoms with E-state index in [1.54, 1.807) is 0 Å². The number of ketones is 3. The van der Waals surface area contributed by atoms with E-state index in [2.05, 4.69) is 0 Å². The van der Waals surface area contributed by atoms with Crippen molar-refractivity contribution in [2.24, 2.45) is 5.41 Å². The van der Waals surface area contributed by atoms with Gasteiger partial charge in [0.05, 0.1) is 5.41 Å². The van der Waals surface area contributed by atoms with Crippen LogP contribution in [-0.2, 0) is 20.8 Å². The standard InChI is InChI=1S/C18H22O3/c1-12-5-4-6-13(2)15(12)11-18(10-9-14(3)19)16(20)7-8-17(18)21/h4-6H,7-11H2,1-3H3. The summed E-state index contributed by atoms with van der Waals surface area (Å²) in [7, 11) is 0. The highest BCUT2D eigenvalue weighted by molar-refractivity contribution is 6.13. The number of hydrogen-bond donors (Lipinski definition) is 0. The number of carbonyl (C=O) groups excluding carboxylic acids is 3. The van der Waals surface area contributed by atoms with E-state index in [4.69, 9.17) is 0 Å². The first-order chi connectivity index (χ1) is 9.86. The van der Waals surface area contributed by atoms with Gasteiger partial charge < -0.3 is 4.79 Å². The summed E-state index contributed by atoms with van der Waals surface area (Å²) >= 11 is 0. The van der Waals surface area contributed by atoms with Crippen LogP contribution in [0.15, 0.2) is 18.2 Å². The minimum Gasteiger partial charge on any atom is -0.300 e. The molecule has 0 N–H and O–H groups in total. The lowest BCUT2D eigenvalue weighted by Gasteiger charge is -2.27. The normalized spacial score (nSPS) is 17.3. The van der Waals surface area contributed by atoms with Gasteiger partial charge in [-0.1, -0.05) is 18.2 Å². The van der Waals surface area contributed by atoms with Gasteiger partial charge in [0.1, 0.15) is 17.3 Å². The molecule has 1 fully saturated rings. The summed E-state index contributed by atoms with van der Waals surface area (Å²) in [6.07, 6.45) is 1.73. The van der Waals surface area contributed by atoms with E-state index in [0.29, 0.717) is 32.1 Å². The molecule has 0 bridgehead atoms. The average Bonchev–Trinajstić information content (AvgIpc) is 2.69. The molecule has 1 aromatic carbocycles. The number of Topliss-reactive ketones (excluding diaryl/α,β-unsaturated/α-hetero) is 3. The summed E-state index contributed by atoms with van der Waals surface area (Å²) in [5.41, 5.74) is 2.31. The molecular formula is C18H22O3. The van der Waals surface area contributed by atoms with E-state index in [-0.39, 0.29) is 17.3 Å². The highest BCUT2D eigenvalue weighted by Crippen LogP contribution is 2.40. The SMILES string of the molecule is CC(=O)CCC1(Cc2c(C)cccc2C)C(=O)CCC1=O. The van der Waals surface area contributed by atoms with E-state index in [1.165, 1.54) is 6.92 Å². The van der Waals surface area contributed by atoms with Crippen LogP contribution in [0, 0.1) is 19.3 Å². The van der Waals surface area contributed by atoms with Crippen molar-refractivity contribution in [1.29, 1.82) is 0 Å². The summed E-state index contributed by atoms with van der Waals surface area (Å²) in [4.78, 5) is 36.1. The third kappa shape index (κ3) is 2.97. The van der Waals surface area contributed by atoms with Gasteiger partial charge in [0.25, 0.3) is 0 Å². The predicted octanol–water partition coefficient (Wildman–Crippen LogP) is 3.13. The number of aryl methyl sites for hydroxylation is 2. The second-order valence-electron chi connectivity index (χ2n) is 6.18. The summed E-state index contributed by atoms with van der Waals surface area (Å²) in [5, 5.41) is 0. The zero-order valence-electron chi connectivity index (χ0n) is 13.0. The summed E-state index contributed by atoms with van der Waals surface area (Å²) in [6, 6.07) is 5.99. The third-order valence-electron chi connectivity index (χ3n) is 4.67. The Labute approximate surface area is 125 Å². The molecule has 0 saturated heterocycles. The molecule has 0 atom stereocenters. The van der Waals surface area contributed by atoms with Gasteiger partial charge in [-0.2, -0.15) is 0 Å². The predicted molar refractivity (Wildman–Crippen MR) is 81.2 cm³/mol. The zero-order valence-corrected chi connectivity index (χ0v) is 13.0. The van der Waals surface area contributed by atoms with Crippen molar-refractivity contribution in [1.82, 2.24) is 0 Å². The van der Waals surface area contributed by atoms with Crippen molar-refractivity contribution in [3.05, 3.63) is 34.9 Å². The van der Waals surface area contributed by atoms with Crippen molar-refractivity contribution < 1.29 is 14.4 Å². The van der Waals surface area contributed by atoms with E-state index in [9.17, 15) is 14.4 Å². The summed E-state index contributed by atoms with van der Waals surface area (Å²) in [6.45, 7) is 5.52. The van der Waals surface area contributed by atoms with Gasteiger partial charge in [0.15, 0.2) is 0 Å². The van der Waals surface area contributed by atoms with E-state index in [0.717, 1.165) is 16.7 Å². The van der Waals surface area contributed by atoms with Crippen molar-refractivity contribution in [3.63, 3.8) is 0 Å². The highest BCUT2D eigenvalue weighted by atomic mass is 16.2. The summed E-state index contributed by atoms with van der Waals surface area (Å²) < 4.78 is 0. The molecule has 0 heterocycles. The van der Waals surface area contributed by atoms with Crippen LogP contribution >= 0.6 is 0 Å². The molecule has 0 aliphatic heterocycles. The molecule has 1 aliphatic carbocycles. The highest BCUT2D eigenvalue weighted by Gasteiger charge is 2.49. The number of hydrogen-bond acceptors (Lipinski definition) is 3. The van der Waals surface area contributed by atoms with Gasteiger partial charge in [-0.25, -0.2) is 0 Å². The maximum atomic E-state index is 12.4. The lowest BCUT2D eigenvalue weighted by molar-refractivity contribution is -0.135. The zero-order chi connectivity index (χ0) is 15.6. The van der Waals surface area contributed by atoms with Crippen molar-refractivity contribution in [2.45, 2.75) is 52.9 Å². The van der Waals surface area contributed by atoms with Gasteiger partial charge in [0, 0.05) is 19.3 Å². The van der Waals surface area contributed by atoms with Crippen LogP contribution in [-0.4, -0.2) is 17.3 Å². The minimum atomic E-state index is -0.970. The van der Waals surface area contributed by atoms with Crippen LogP contribution in [0.25, 0.3) is 0 Å². The molecule has 3 nitrogen and oxygen atoms in total. The van der Waals surface area contributed by atoms with Gasteiger partial charge in [0.2, 0.25) is 0 Å². The Bertz CT molecular complexity index is 562. The Kier molecular flexibility index (Phi) is 4.40. The topological polar surface area (TPSA) is 51.2 Å². The fourth-order valence-electron chi connectivity index (χ4n) is 3.24. The van der Waals surface area contributed by atoms with Crippen LogP contribution in [0.1, 0.15) is 49.3 Å². The number of benzene rings is 1. The van der Waals surface area contributed by atoms with Crippen molar-refractivity contribution in [3.8, 4) is 0 Å². The third-order valence-corrected chi connectivity index (χ3v) is 4.67. The maximum Gasteiger partial charge on any atom is 0.147 e. The van der Waals surface area contributed by atoms with E-state index >= 15 is 0 Å². The van der Waals surface area contributed by atoms with Gasteiger partial charge in [-0.3, -0.25) is 9.59 Å². The van der Waals surface area contributed by atoms with Gasteiger partial charge in [-0.15, -0.1) is 0 Å². The quantitative estimate of drug-likeness (QED) is 0.781. The molecule has 1 aliphatic rings. The monoisotopic (exact) mass is 286 g/mol. The first kappa shape index (κ1) is 15.6. The second-order valence-corrected chi connectivity index (χ2v) is 6.18. The van der Waals surface area contributed by atoms with Crippen LogP contribution in [0.2, 0.25) is 0 Å². The molecule has 21 heavy (non-hydrogen) atoms. The summed E-state index contributed by atoms with van der Waals surface area (Å²) in [5.74, 6) is 0.0520. The Morgan fingerprint density at radius 1 is 1.10 bits per heavy atom. The van der Waals surface area contributed by atoms with Crippen LogP contribution in [0.5, 0.6) is 0 Å². The molecule has 1 aromatic rings. The molecule has 2 rings (SSSR count). The fraction of sp³-hybridized carbons (Fsp3) is 0.500. The van der Waals surface area contributed by atoms with Crippen LogP contribution < -0.4 is 0 Å². The minimum absolute atomic E-state index is 0.0106. The lowest BCUT2D eigenvalue weighted by Crippen LogP contribution is -2.36. The Morgan fingerprint density at radius 3 is 2.10 bits per heavy atom. The molecule has 0 spiro atoms.